The predicted molar refractivity (Wildman–Crippen MR) is 91.5 cm³/mol. The quantitative estimate of drug-likeness (QED) is 0.796. The third-order valence-corrected chi connectivity index (χ3v) is 4.24. The Kier molecular flexibility index (Phi) is 5.89. The number of benzene rings is 1. The van der Waals surface area contributed by atoms with Crippen molar-refractivity contribution in [3.63, 3.8) is 0 Å². The van der Waals surface area contributed by atoms with Gasteiger partial charge in [-0.3, -0.25) is 9.59 Å². The Labute approximate surface area is 150 Å². The molecule has 2 N–H and O–H groups in total. The predicted octanol–water partition coefficient (Wildman–Crippen LogP) is 1.69. The molecule has 7 nitrogen and oxygen atoms in total. The van der Waals surface area contributed by atoms with Crippen LogP contribution in [0.2, 0.25) is 5.02 Å². The molecule has 1 aromatic rings. The normalized spacial score (nSPS) is 17.2. The summed E-state index contributed by atoms with van der Waals surface area (Å²) in [4.78, 5) is 36.9. The highest BCUT2D eigenvalue weighted by Crippen LogP contribution is 2.21. The van der Waals surface area contributed by atoms with Crippen LogP contribution in [0.15, 0.2) is 24.3 Å². The highest BCUT2D eigenvalue weighted by Gasteiger charge is 2.35. The lowest BCUT2D eigenvalue weighted by molar-refractivity contribution is -0.148. The fraction of sp³-hybridized carbons (Fsp3) is 0.471. The van der Waals surface area contributed by atoms with Gasteiger partial charge in [-0.15, -0.1) is 0 Å². The van der Waals surface area contributed by atoms with Crippen molar-refractivity contribution in [3.05, 3.63) is 29.3 Å². The molecule has 136 valence electrons. The molecule has 1 aromatic carbocycles. The summed E-state index contributed by atoms with van der Waals surface area (Å²) >= 11 is 5.81. The lowest BCUT2D eigenvalue weighted by Gasteiger charge is -2.26. The lowest BCUT2D eigenvalue weighted by Crippen LogP contribution is -2.51. The first-order valence-electron chi connectivity index (χ1n) is 7.96. The molecular weight excluding hydrogens is 348 g/mol. The average Bonchev–Trinajstić information content (AvgIpc) is 3.04. The van der Waals surface area contributed by atoms with E-state index in [-0.39, 0.29) is 6.54 Å². The number of carboxylic acids is 1. The molecule has 1 saturated heterocycles. The van der Waals surface area contributed by atoms with Crippen LogP contribution in [0.5, 0.6) is 5.75 Å². The van der Waals surface area contributed by atoms with Gasteiger partial charge in [0.25, 0.3) is 5.91 Å². The lowest BCUT2D eigenvalue weighted by atomic mass is 10.1. The largest absolute Gasteiger partial charge is 0.480 e. The molecule has 1 aliphatic heterocycles. The van der Waals surface area contributed by atoms with Crippen molar-refractivity contribution in [3.8, 4) is 5.75 Å². The van der Waals surface area contributed by atoms with E-state index in [0.29, 0.717) is 30.2 Å². The molecule has 1 heterocycles. The zero-order valence-electron chi connectivity index (χ0n) is 14.1. The Morgan fingerprint density at radius 1 is 1.32 bits per heavy atom. The van der Waals surface area contributed by atoms with Crippen LogP contribution >= 0.6 is 11.6 Å². The Bertz CT molecular complexity index is 660. The molecule has 0 aliphatic carbocycles. The number of carbonyl (C=O) groups is 3. The number of ether oxygens (including phenoxy) is 1. The first-order valence-corrected chi connectivity index (χ1v) is 8.33. The monoisotopic (exact) mass is 368 g/mol. The molecule has 0 spiro atoms. The van der Waals surface area contributed by atoms with Gasteiger partial charge in [0, 0.05) is 11.6 Å². The number of aliphatic carboxylic acids is 1. The number of nitrogens with zero attached hydrogens (tertiary/aromatic N) is 1. The van der Waals surface area contributed by atoms with Gasteiger partial charge in [-0.05, 0) is 51.0 Å². The van der Waals surface area contributed by atoms with Crippen molar-refractivity contribution in [2.45, 2.75) is 38.3 Å². The minimum absolute atomic E-state index is 0.268. The van der Waals surface area contributed by atoms with Gasteiger partial charge in [0.15, 0.2) is 5.60 Å². The third-order valence-electron chi connectivity index (χ3n) is 3.99. The van der Waals surface area contributed by atoms with Gasteiger partial charge in [-0.25, -0.2) is 4.79 Å². The molecule has 0 bridgehead atoms. The number of likely N-dealkylation sites (tertiary alicyclic amines) is 1. The summed E-state index contributed by atoms with van der Waals surface area (Å²) in [7, 11) is 0. The van der Waals surface area contributed by atoms with Crippen LogP contribution in [0.4, 0.5) is 0 Å². The molecule has 2 rings (SSSR count). The van der Waals surface area contributed by atoms with Crippen molar-refractivity contribution < 1.29 is 24.2 Å². The first kappa shape index (κ1) is 19.1. The van der Waals surface area contributed by atoms with Gasteiger partial charge < -0.3 is 20.1 Å². The van der Waals surface area contributed by atoms with Crippen molar-refractivity contribution >= 4 is 29.4 Å². The zero-order chi connectivity index (χ0) is 18.6. The number of carbonyl (C=O) groups excluding carboxylic acids is 2. The average molecular weight is 369 g/mol. The SMILES string of the molecule is CC(C)(Oc1ccc(Cl)cc1)C(=O)NCC(=O)N1CCC[C@H]1C(=O)O. The van der Waals surface area contributed by atoms with Crippen molar-refractivity contribution in [2.24, 2.45) is 0 Å². The molecule has 1 atom stereocenters. The Hall–Kier alpha value is -2.28. The fourth-order valence-corrected chi connectivity index (χ4v) is 2.76. The fourth-order valence-electron chi connectivity index (χ4n) is 2.64. The molecule has 1 aliphatic rings. The maximum Gasteiger partial charge on any atom is 0.326 e. The van der Waals surface area contributed by atoms with E-state index in [0.717, 1.165) is 0 Å². The van der Waals surface area contributed by atoms with Crippen LogP contribution in [-0.4, -0.2) is 52.5 Å². The molecular formula is C17H21ClN2O5. The maximum atomic E-state index is 12.3. The summed E-state index contributed by atoms with van der Waals surface area (Å²) in [5.41, 5.74) is -1.20. The minimum Gasteiger partial charge on any atom is -0.480 e. The summed E-state index contributed by atoms with van der Waals surface area (Å²) in [5.74, 6) is -1.44. The van der Waals surface area contributed by atoms with Crippen LogP contribution < -0.4 is 10.1 Å². The molecule has 0 radical (unpaired) electrons. The topological polar surface area (TPSA) is 95.9 Å². The number of rotatable bonds is 6. The summed E-state index contributed by atoms with van der Waals surface area (Å²) in [6, 6.07) is 5.76. The van der Waals surface area contributed by atoms with Crippen molar-refractivity contribution in [2.75, 3.05) is 13.1 Å². The summed E-state index contributed by atoms with van der Waals surface area (Å²) < 4.78 is 5.65. The highest BCUT2D eigenvalue weighted by molar-refractivity contribution is 6.30. The van der Waals surface area contributed by atoms with Gasteiger partial charge in [0.1, 0.15) is 11.8 Å². The molecule has 2 amide bonds. The number of halogens is 1. The zero-order valence-corrected chi connectivity index (χ0v) is 14.9. The third kappa shape index (κ3) is 4.85. The number of nitrogens with one attached hydrogen (secondary N) is 1. The number of carboxylic acid groups (broad SMARTS) is 1. The highest BCUT2D eigenvalue weighted by atomic mass is 35.5. The summed E-state index contributed by atoms with van der Waals surface area (Å²) in [5, 5.41) is 12.2. The molecule has 0 unspecified atom stereocenters. The van der Waals surface area contributed by atoms with E-state index < -0.39 is 29.4 Å². The summed E-state index contributed by atoms with van der Waals surface area (Å²) in [6.07, 6.45) is 1.07. The van der Waals surface area contributed by atoms with E-state index in [9.17, 15) is 14.4 Å². The second kappa shape index (κ2) is 7.74. The Balaban J connectivity index is 1.90. The van der Waals surface area contributed by atoms with Crippen LogP contribution in [-0.2, 0) is 14.4 Å². The van der Waals surface area contributed by atoms with E-state index in [1.54, 1.807) is 38.1 Å². The minimum atomic E-state index is -1.20. The first-order chi connectivity index (χ1) is 11.7. The van der Waals surface area contributed by atoms with E-state index in [1.807, 2.05) is 0 Å². The van der Waals surface area contributed by atoms with Gasteiger partial charge in [-0.1, -0.05) is 11.6 Å². The Morgan fingerprint density at radius 2 is 1.96 bits per heavy atom. The van der Waals surface area contributed by atoms with Gasteiger partial charge in [0.2, 0.25) is 5.91 Å². The molecule has 0 aromatic heterocycles. The van der Waals surface area contributed by atoms with Crippen LogP contribution in [0.1, 0.15) is 26.7 Å². The molecule has 1 fully saturated rings. The van der Waals surface area contributed by atoms with Crippen LogP contribution in [0.3, 0.4) is 0 Å². The maximum absolute atomic E-state index is 12.3. The van der Waals surface area contributed by atoms with Crippen LogP contribution in [0.25, 0.3) is 0 Å². The molecule has 25 heavy (non-hydrogen) atoms. The van der Waals surface area contributed by atoms with E-state index in [2.05, 4.69) is 5.32 Å². The smallest absolute Gasteiger partial charge is 0.326 e. The second-order valence-electron chi connectivity index (χ2n) is 6.33. The van der Waals surface area contributed by atoms with E-state index >= 15 is 0 Å². The number of hydrogen-bond donors (Lipinski definition) is 2. The van der Waals surface area contributed by atoms with Gasteiger partial charge in [-0.2, -0.15) is 0 Å². The molecule has 8 heteroatoms. The standard InChI is InChI=1S/C17H21ClN2O5/c1-17(2,25-12-7-5-11(18)6-8-12)16(24)19-10-14(21)20-9-3-4-13(20)15(22)23/h5-8,13H,3-4,9-10H2,1-2H3,(H,19,24)(H,22,23)/t13-/m0/s1. The van der Waals surface area contributed by atoms with E-state index in [4.69, 9.17) is 21.4 Å². The summed E-state index contributed by atoms with van der Waals surface area (Å²) in [6.45, 7) is 3.28. The second-order valence-corrected chi connectivity index (χ2v) is 6.77. The van der Waals surface area contributed by atoms with Crippen molar-refractivity contribution in [1.82, 2.24) is 10.2 Å². The van der Waals surface area contributed by atoms with Crippen molar-refractivity contribution in [1.29, 1.82) is 0 Å². The Morgan fingerprint density at radius 3 is 2.56 bits per heavy atom. The van der Waals surface area contributed by atoms with Gasteiger partial charge >= 0.3 is 5.97 Å². The van der Waals surface area contributed by atoms with Gasteiger partial charge in [0.05, 0.1) is 6.54 Å². The number of hydrogen-bond acceptors (Lipinski definition) is 4. The molecule has 0 saturated carbocycles. The van der Waals surface area contributed by atoms with E-state index in [1.165, 1.54) is 4.90 Å². The van der Waals surface area contributed by atoms with Crippen LogP contribution in [0, 0.1) is 0 Å². The number of amides is 2.